The van der Waals surface area contributed by atoms with E-state index in [4.69, 9.17) is 4.74 Å². The van der Waals surface area contributed by atoms with Crippen molar-refractivity contribution in [2.24, 2.45) is 0 Å². The Kier molecular flexibility index (Phi) is 5.09. The molecular weight excluding hydrogens is 336 g/mol. The van der Waals surface area contributed by atoms with Crippen molar-refractivity contribution >= 4 is 35.3 Å². The SMILES string of the molecule is CNC(=O)CN1C(=O)C(=Cc2ccc(OC)cc2)Sc2ccccc21. The Labute approximate surface area is 150 Å². The zero-order valence-electron chi connectivity index (χ0n) is 14.0. The number of anilines is 1. The van der Waals surface area contributed by atoms with Gasteiger partial charge in [0, 0.05) is 11.9 Å². The Morgan fingerprint density at radius 3 is 2.60 bits per heavy atom. The van der Waals surface area contributed by atoms with Gasteiger partial charge in [0.05, 0.1) is 17.7 Å². The third-order valence-electron chi connectivity index (χ3n) is 3.83. The van der Waals surface area contributed by atoms with Crippen molar-refractivity contribution in [2.45, 2.75) is 4.90 Å². The zero-order valence-corrected chi connectivity index (χ0v) is 14.8. The smallest absolute Gasteiger partial charge is 0.265 e. The summed E-state index contributed by atoms with van der Waals surface area (Å²) in [6.07, 6.45) is 1.83. The molecule has 1 aliphatic rings. The van der Waals surface area contributed by atoms with Gasteiger partial charge in [-0.2, -0.15) is 0 Å². The van der Waals surface area contributed by atoms with Crippen LogP contribution in [0.15, 0.2) is 58.3 Å². The summed E-state index contributed by atoms with van der Waals surface area (Å²) in [4.78, 5) is 27.8. The molecule has 0 radical (unpaired) electrons. The number of thioether (sulfide) groups is 1. The summed E-state index contributed by atoms with van der Waals surface area (Å²) in [5, 5.41) is 2.57. The molecule has 0 atom stereocenters. The summed E-state index contributed by atoms with van der Waals surface area (Å²) in [5.74, 6) is 0.373. The third-order valence-corrected chi connectivity index (χ3v) is 4.90. The quantitative estimate of drug-likeness (QED) is 0.858. The minimum atomic E-state index is -0.209. The molecule has 0 bridgehead atoms. The molecule has 2 amide bonds. The molecule has 0 saturated heterocycles. The molecule has 5 nitrogen and oxygen atoms in total. The van der Waals surface area contributed by atoms with E-state index in [-0.39, 0.29) is 18.4 Å². The molecule has 128 valence electrons. The van der Waals surface area contributed by atoms with Crippen LogP contribution in [-0.2, 0) is 9.59 Å². The number of carbonyl (C=O) groups is 2. The summed E-state index contributed by atoms with van der Waals surface area (Å²) in [7, 11) is 3.17. The van der Waals surface area contributed by atoms with Gasteiger partial charge in [0.15, 0.2) is 0 Å². The van der Waals surface area contributed by atoms with Crippen LogP contribution in [0.2, 0.25) is 0 Å². The van der Waals surface area contributed by atoms with E-state index < -0.39 is 0 Å². The number of hydrogen-bond acceptors (Lipinski definition) is 4. The fourth-order valence-corrected chi connectivity index (χ4v) is 3.55. The number of amides is 2. The van der Waals surface area contributed by atoms with Gasteiger partial charge in [-0.05, 0) is 35.9 Å². The van der Waals surface area contributed by atoms with E-state index >= 15 is 0 Å². The maximum Gasteiger partial charge on any atom is 0.265 e. The number of methoxy groups -OCH3 is 1. The average Bonchev–Trinajstić information content (AvgIpc) is 2.65. The molecule has 25 heavy (non-hydrogen) atoms. The van der Waals surface area contributed by atoms with Crippen molar-refractivity contribution in [1.29, 1.82) is 0 Å². The predicted octanol–water partition coefficient (Wildman–Crippen LogP) is 2.92. The summed E-state index contributed by atoms with van der Waals surface area (Å²) in [6, 6.07) is 15.1. The molecule has 0 aliphatic carbocycles. The number of likely N-dealkylation sites (N-methyl/N-ethyl adjacent to an activating group) is 1. The van der Waals surface area contributed by atoms with Gasteiger partial charge in [-0.3, -0.25) is 14.5 Å². The summed E-state index contributed by atoms with van der Waals surface area (Å²) < 4.78 is 5.15. The van der Waals surface area contributed by atoms with Crippen LogP contribution in [0.25, 0.3) is 6.08 Å². The number of rotatable bonds is 4. The average molecular weight is 354 g/mol. The van der Waals surface area contributed by atoms with Crippen LogP contribution in [0.5, 0.6) is 5.75 Å². The molecule has 0 unspecified atom stereocenters. The minimum Gasteiger partial charge on any atom is -0.497 e. The number of hydrogen-bond donors (Lipinski definition) is 1. The lowest BCUT2D eigenvalue weighted by molar-refractivity contribution is -0.122. The molecule has 0 fully saturated rings. The van der Waals surface area contributed by atoms with Crippen LogP contribution in [0, 0.1) is 0 Å². The maximum atomic E-state index is 12.9. The van der Waals surface area contributed by atoms with Crippen molar-refractivity contribution in [3.8, 4) is 5.75 Å². The van der Waals surface area contributed by atoms with Crippen molar-refractivity contribution < 1.29 is 14.3 Å². The Hall–Kier alpha value is -2.73. The molecule has 1 N–H and O–H groups in total. The molecule has 0 saturated carbocycles. The summed E-state index contributed by atoms with van der Waals surface area (Å²) in [5.41, 5.74) is 1.66. The highest BCUT2D eigenvalue weighted by molar-refractivity contribution is 8.04. The summed E-state index contributed by atoms with van der Waals surface area (Å²) >= 11 is 1.42. The second-order valence-electron chi connectivity index (χ2n) is 5.42. The van der Waals surface area contributed by atoms with E-state index in [0.717, 1.165) is 21.9 Å². The number of benzene rings is 2. The van der Waals surface area contributed by atoms with Crippen molar-refractivity contribution in [1.82, 2.24) is 5.32 Å². The topological polar surface area (TPSA) is 58.6 Å². The number of carbonyl (C=O) groups excluding carboxylic acids is 2. The molecule has 1 aliphatic heterocycles. The second-order valence-corrected chi connectivity index (χ2v) is 6.50. The Morgan fingerprint density at radius 1 is 1.20 bits per heavy atom. The lowest BCUT2D eigenvalue weighted by Crippen LogP contribution is -2.41. The molecule has 6 heteroatoms. The van der Waals surface area contributed by atoms with Gasteiger partial charge in [0.1, 0.15) is 12.3 Å². The van der Waals surface area contributed by atoms with Gasteiger partial charge >= 0.3 is 0 Å². The van der Waals surface area contributed by atoms with Crippen LogP contribution >= 0.6 is 11.8 Å². The minimum absolute atomic E-state index is 0.00708. The molecule has 0 spiro atoms. The van der Waals surface area contributed by atoms with Gasteiger partial charge in [-0.15, -0.1) is 0 Å². The van der Waals surface area contributed by atoms with Crippen LogP contribution in [0.4, 0.5) is 5.69 Å². The lowest BCUT2D eigenvalue weighted by atomic mass is 10.2. The highest BCUT2D eigenvalue weighted by Gasteiger charge is 2.30. The molecule has 3 rings (SSSR count). The fraction of sp³-hybridized carbons (Fsp3) is 0.158. The first-order chi connectivity index (χ1) is 12.1. The van der Waals surface area contributed by atoms with Crippen LogP contribution in [0.1, 0.15) is 5.56 Å². The number of para-hydroxylation sites is 1. The number of fused-ring (bicyclic) bond motifs is 1. The molecule has 1 heterocycles. The molecule has 0 aromatic heterocycles. The predicted molar refractivity (Wildman–Crippen MR) is 99.7 cm³/mol. The molecule has 2 aromatic rings. The van der Waals surface area contributed by atoms with E-state index in [2.05, 4.69) is 5.32 Å². The van der Waals surface area contributed by atoms with E-state index in [1.54, 1.807) is 14.2 Å². The number of ether oxygens (including phenoxy) is 1. The van der Waals surface area contributed by atoms with Gasteiger partial charge < -0.3 is 10.1 Å². The van der Waals surface area contributed by atoms with Crippen molar-refractivity contribution in [3.63, 3.8) is 0 Å². The zero-order chi connectivity index (χ0) is 17.8. The second kappa shape index (κ2) is 7.44. The normalized spacial score (nSPS) is 15.0. The highest BCUT2D eigenvalue weighted by Crippen LogP contribution is 2.41. The van der Waals surface area contributed by atoms with Crippen molar-refractivity contribution in [3.05, 3.63) is 59.0 Å². The first kappa shape index (κ1) is 17.1. The number of nitrogens with zero attached hydrogens (tertiary/aromatic N) is 1. The highest BCUT2D eigenvalue weighted by atomic mass is 32.2. The van der Waals surface area contributed by atoms with Gasteiger partial charge in [-0.1, -0.05) is 36.0 Å². The van der Waals surface area contributed by atoms with Crippen molar-refractivity contribution in [2.75, 3.05) is 25.6 Å². The van der Waals surface area contributed by atoms with E-state index in [1.807, 2.05) is 54.6 Å². The third kappa shape index (κ3) is 3.69. The van der Waals surface area contributed by atoms with Gasteiger partial charge in [0.2, 0.25) is 5.91 Å². The van der Waals surface area contributed by atoms with Gasteiger partial charge in [-0.25, -0.2) is 0 Å². The molecular formula is C19H18N2O3S. The Bertz CT molecular complexity index is 831. The van der Waals surface area contributed by atoms with Gasteiger partial charge in [0.25, 0.3) is 5.91 Å². The Balaban J connectivity index is 1.97. The molecule has 2 aromatic carbocycles. The standard InChI is InChI=1S/C19H18N2O3S/c1-20-18(22)12-21-15-5-3-4-6-16(15)25-17(19(21)23)11-13-7-9-14(24-2)10-8-13/h3-11H,12H2,1-2H3,(H,20,22). The van der Waals surface area contributed by atoms with Crippen LogP contribution in [-0.4, -0.2) is 32.5 Å². The summed E-state index contributed by atoms with van der Waals surface area (Å²) in [6.45, 7) is -0.00708. The van der Waals surface area contributed by atoms with E-state index in [9.17, 15) is 9.59 Å². The van der Waals surface area contributed by atoms with Crippen LogP contribution in [0.3, 0.4) is 0 Å². The first-order valence-electron chi connectivity index (χ1n) is 7.77. The Morgan fingerprint density at radius 2 is 1.92 bits per heavy atom. The monoisotopic (exact) mass is 354 g/mol. The number of nitrogens with one attached hydrogen (secondary N) is 1. The lowest BCUT2D eigenvalue weighted by Gasteiger charge is -2.29. The van der Waals surface area contributed by atoms with Crippen LogP contribution < -0.4 is 15.0 Å². The largest absolute Gasteiger partial charge is 0.497 e. The van der Waals surface area contributed by atoms with E-state index in [1.165, 1.54) is 16.7 Å². The van der Waals surface area contributed by atoms with E-state index in [0.29, 0.717) is 4.91 Å². The maximum absolute atomic E-state index is 12.9. The first-order valence-corrected chi connectivity index (χ1v) is 8.59. The fourth-order valence-electron chi connectivity index (χ4n) is 2.49.